The SMILES string of the molecule is C[C@H]1CCc2c(ccc(-c3cnn([C@@H]4CCNC[C@H]4F)c3)c2Oc2ccc(F)cc2)N1C(=O)O. The molecule has 0 aliphatic carbocycles. The molecule has 3 aromatic rings. The summed E-state index contributed by atoms with van der Waals surface area (Å²) in [5.74, 6) is 0.563. The van der Waals surface area contributed by atoms with Gasteiger partial charge in [-0.15, -0.1) is 0 Å². The zero-order valence-electron chi connectivity index (χ0n) is 18.7. The molecule has 0 bridgehead atoms. The van der Waals surface area contributed by atoms with Gasteiger partial charge in [0.1, 0.15) is 23.5 Å². The van der Waals surface area contributed by atoms with Crippen LogP contribution < -0.4 is 15.0 Å². The van der Waals surface area contributed by atoms with E-state index in [1.165, 1.54) is 29.2 Å². The minimum atomic E-state index is -1.04. The maximum Gasteiger partial charge on any atom is 0.412 e. The Morgan fingerprint density at radius 1 is 1.21 bits per heavy atom. The number of hydrogen-bond donors (Lipinski definition) is 2. The molecule has 0 spiro atoms. The van der Waals surface area contributed by atoms with Crippen molar-refractivity contribution in [2.75, 3.05) is 18.0 Å². The number of nitrogens with one attached hydrogen (secondary N) is 1. The molecule has 0 radical (unpaired) electrons. The number of piperidine rings is 1. The smallest absolute Gasteiger partial charge is 0.412 e. The summed E-state index contributed by atoms with van der Waals surface area (Å²) in [6.07, 6.45) is 3.32. The maximum absolute atomic E-state index is 14.5. The lowest BCUT2D eigenvalue weighted by atomic mass is 9.92. The van der Waals surface area contributed by atoms with Crippen molar-refractivity contribution in [2.24, 2.45) is 0 Å². The molecule has 3 atom stereocenters. The highest BCUT2D eigenvalue weighted by molar-refractivity contribution is 5.91. The van der Waals surface area contributed by atoms with E-state index in [4.69, 9.17) is 4.74 Å². The summed E-state index contributed by atoms with van der Waals surface area (Å²) in [6, 6.07) is 8.76. The van der Waals surface area contributed by atoms with Crippen LogP contribution >= 0.6 is 0 Å². The first-order valence-corrected chi connectivity index (χ1v) is 11.4. The van der Waals surface area contributed by atoms with Gasteiger partial charge < -0.3 is 15.2 Å². The lowest BCUT2D eigenvalue weighted by molar-refractivity contribution is 0.173. The van der Waals surface area contributed by atoms with Gasteiger partial charge in [-0.25, -0.2) is 13.6 Å². The van der Waals surface area contributed by atoms with E-state index in [1.807, 2.05) is 19.2 Å². The number of nitrogens with zero attached hydrogens (tertiary/aromatic N) is 3. The van der Waals surface area contributed by atoms with Crippen LogP contribution in [0, 0.1) is 5.82 Å². The topological polar surface area (TPSA) is 79.6 Å². The molecule has 3 heterocycles. The third-order valence-electron chi connectivity index (χ3n) is 6.61. The van der Waals surface area contributed by atoms with Crippen LogP contribution in [0.2, 0.25) is 0 Å². The van der Waals surface area contributed by atoms with Gasteiger partial charge in [-0.3, -0.25) is 9.58 Å². The number of aromatic nitrogens is 2. The number of hydrogen-bond acceptors (Lipinski definition) is 4. The molecule has 9 heteroatoms. The van der Waals surface area contributed by atoms with Crippen LogP contribution in [0.15, 0.2) is 48.8 Å². The Kier molecular flexibility index (Phi) is 5.95. The van der Waals surface area contributed by atoms with E-state index in [9.17, 15) is 18.7 Å². The normalized spacial score (nSPS) is 22.3. The van der Waals surface area contributed by atoms with Crippen LogP contribution in [0.5, 0.6) is 11.5 Å². The predicted molar refractivity (Wildman–Crippen MR) is 124 cm³/mol. The van der Waals surface area contributed by atoms with Gasteiger partial charge in [-0.2, -0.15) is 5.10 Å². The van der Waals surface area contributed by atoms with E-state index in [0.29, 0.717) is 43.0 Å². The molecule has 5 rings (SSSR count). The summed E-state index contributed by atoms with van der Waals surface area (Å²) >= 11 is 0. The number of halogens is 2. The minimum Gasteiger partial charge on any atom is -0.465 e. The maximum atomic E-state index is 14.5. The Bertz CT molecular complexity index is 1200. The van der Waals surface area contributed by atoms with Crippen molar-refractivity contribution < 1.29 is 23.4 Å². The number of amides is 1. The average Bonchev–Trinajstić information content (AvgIpc) is 3.30. The Balaban J connectivity index is 1.60. The van der Waals surface area contributed by atoms with E-state index < -0.39 is 12.3 Å². The molecule has 2 aliphatic heterocycles. The third kappa shape index (κ3) is 4.11. The molecule has 1 fully saturated rings. The number of carboxylic acid groups (broad SMARTS) is 1. The van der Waals surface area contributed by atoms with E-state index >= 15 is 0 Å². The molecule has 1 saturated heterocycles. The quantitative estimate of drug-likeness (QED) is 0.552. The fraction of sp³-hybridized carbons (Fsp3) is 0.360. The van der Waals surface area contributed by atoms with Crippen molar-refractivity contribution in [2.45, 2.75) is 44.4 Å². The molecular weight excluding hydrogens is 442 g/mol. The number of rotatable bonds is 4. The standard InChI is InChI=1S/C25H26F2N4O3/c1-15-2-7-20-22(31(15)25(32)33)9-8-19(24(20)34-18-5-3-17(26)4-6-18)16-12-29-30(14-16)23-10-11-28-13-21(23)27/h3-6,8-9,12,14-15,21,23,28H,2,7,10-11,13H2,1H3,(H,32,33)/t15-,21+,23+/m0/s1. The van der Waals surface area contributed by atoms with Crippen LogP contribution in [0.3, 0.4) is 0 Å². The zero-order valence-corrected chi connectivity index (χ0v) is 18.7. The Morgan fingerprint density at radius 3 is 2.74 bits per heavy atom. The molecular formula is C25H26F2N4O3. The number of benzene rings is 2. The Morgan fingerprint density at radius 2 is 2.00 bits per heavy atom. The monoisotopic (exact) mass is 468 g/mol. The first-order chi connectivity index (χ1) is 16.4. The molecule has 1 amide bonds. The Labute approximate surface area is 196 Å². The number of carbonyl (C=O) groups is 1. The lowest BCUT2D eigenvalue weighted by Gasteiger charge is -2.34. The summed E-state index contributed by atoms with van der Waals surface area (Å²) in [6.45, 7) is 2.89. The summed E-state index contributed by atoms with van der Waals surface area (Å²) in [7, 11) is 0. The average molecular weight is 469 g/mol. The van der Waals surface area contributed by atoms with Crippen LogP contribution in [-0.4, -0.2) is 46.3 Å². The van der Waals surface area contributed by atoms with Crippen molar-refractivity contribution >= 4 is 11.8 Å². The number of anilines is 1. The van der Waals surface area contributed by atoms with E-state index in [-0.39, 0.29) is 17.9 Å². The van der Waals surface area contributed by atoms with Crippen molar-refractivity contribution in [1.29, 1.82) is 0 Å². The fourth-order valence-electron chi connectivity index (χ4n) is 4.82. The van der Waals surface area contributed by atoms with Gasteiger partial charge in [0.05, 0.1) is 17.9 Å². The summed E-state index contributed by atoms with van der Waals surface area (Å²) in [5.41, 5.74) is 2.80. The zero-order chi connectivity index (χ0) is 23.8. The molecule has 0 saturated carbocycles. The largest absolute Gasteiger partial charge is 0.465 e. The number of fused-ring (bicyclic) bond motifs is 1. The van der Waals surface area contributed by atoms with Crippen LogP contribution in [0.25, 0.3) is 11.1 Å². The van der Waals surface area contributed by atoms with Crippen molar-refractivity contribution in [3.8, 4) is 22.6 Å². The molecule has 178 valence electrons. The van der Waals surface area contributed by atoms with Gasteiger partial charge in [-0.05, 0) is 69.1 Å². The first kappa shape index (κ1) is 22.3. The van der Waals surface area contributed by atoms with E-state index in [0.717, 1.165) is 23.2 Å². The molecule has 2 aliphatic rings. The molecule has 0 unspecified atom stereocenters. The lowest BCUT2D eigenvalue weighted by Crippen LogP contribution is -2.41. The highest BCUT2D eigenvalue weighted by Crippen LogP contribution is 2.45. The molecule has 2 aromatic carbocycles. The first-order valence-electron chi connectivity index (χ1n) is 11.4. The second-order valence-corrected chi connectivity index (χ2v) is 8.82. The van der Waals surface area contributed by atoms with Gasteiger partial charge in [0, 0.05) is 35.5 Å². The number of ether oxygens (including phenoxy) is 1. The van der Waals surface area contributed by atoms with Gasteiger partial charge in [0.2, 0.25) is 0 Å². The van der Waals surface area contributed by atoms with Crippen LogP contribution in [0.1, 0.15) is 31.4 Å². The highest BCUT2D eigenvalue weighted by Gasteiger charge is 2.32. The van der Waals surface area contributed by atoms with Gasteiger partial charge in [-0.1, -0.05) is 0 Å². The summed E-state index contributed by atoms with van der Waals surface area (Å²) < 4.78 is 35.9. The third-order valence-corrected chi connectivity index (χ3v) is 6.61. The highest BCUT2D eigenvalue weighted by atomic mass is 19.1. The van der Waals surface area contributed by atoms with Crippen LogP contribution in [-0.2, 0) is 6.42 Å². The molecule has 34 heavy (non-hydrogen) atoms. The van der Waals surface area contributed by atoms with Crippen molar-refractivity contribution in [1.82, 2.24) is 15.1 Å². The van der Waals surface area contributed by atoms with E-state index in [2.05, 4.69) is 10.4 Å². The second-order valence-electron chi connectivity index (χ2n) is 8.82. The summed E-state index contributed by atoms with van der Waals surface area (Å²) in [5, 5.41) is 17.3. The summed E-state index contributed by atoms with van der Waals surface area (Å²) in [4.78, 5) is 13.3. The minimum absolute atomic E-state index is 0.168. The molecule has 7 nitrogen and oxygen atoms in total. The molecule has 1 aromatic heterocycles. The van der Waals surface area contributed by atoms with Gasteiger partial charge in [0.25, 0.3) is 0 Å². The Hall–Kier alpha value is -3.46. The predicted octanol–water partition coefficient (Wildman–Crippen LogP) is 5.17. The van der Waals surface area contributed by atoms with Gasteiger partial charge in [0.15, 0.2) is 0 Å². The van der Waals surface area contributed by atoms with E-state index in [1.54, 1.807) is 16.9 Å². The molecule has 2 N–H and O–H groups in total. The number of alkyl halides is 1. The second kappa shape index (κ2) is 9.06. The van der Waals surface area contributed by atoms with Crippen molar-refractivity contribution in [3.05, 3.63) is 60.2 Å². The fourth-order valence-corrected chi connectivity index (χ4v) is 4.82. The van der Waals surface area contributed by atoms with Crippen LogP contribution in [0.4, 0.5) is 19.3 Å². The van der Waals surface area contributed by atoms with Gasteiger partial charge >= 0.3 is 6.09 Å². The van der Waals surface area contributed by atoms with Crippen molar-refractivity contribution in [3.63, 3.8) is 0 Å².